The lowest BCUT2D eigenvalue weighted by Gasteiger charge is -2.05. The van der Waals surface area contributed by atoms with Crippen molar-refractivity contribution in [2.24, 2.45) is 0 Å². The highest BCUT2D eigenvalue weighted by Gasteiger charge is 2.03. The first kappa shape index (κ1) is 15.6. The second-order valence-corrected chi connectivity index (χ2v) is 4.71. The maximum absolute atomic E-state index is 9.35. The summed E-state index contributed by atoms with van der Waals surface area (Å²) < 4.78 is 5.18. The Hall–Kier alpha value is -2.81. The molecule has 112 valence electrons. The molecule has 0 bridgehead atoms. The molecule has 0 amide bonds. The van der Waals surface area contributed by atoms with E-state index in [0.717, 1.165) is 28.3 Å². The highest BCUT2D eigenvalue weighted by Crippen LogP contribution is 2.22. The van der Waals surface area contributed by atoms with E-state index in [1.165, 1.54) is 0 Å². The van der Waals surface area contributed by atoms with Crippen molar-refractivity contribution in [3.8, 4) is 17.0 Å². The number of allylic oxidation sites excluding steroid dienone is 4. The minimum Gasteiger partial charge on any atom is -0.508 e. The standard InChI is InChI=1S/C19H19NO2/c1-4-17(22-3)13-8-14(2)18-6-5-7-19(20-18)15-9-11-16(21)12-10-15/h4-13,21H,2H2,1,3H3/b13-8-,17-4+. The summed E-state index contributed by atoms with van der Waals surface area (Å²) in [7, 11) is 1.63. The van der Waals surface area contributed by atoms with Crippen LogP contribution in [0.25, 0.3) is 16.8 Å². The number of hydrogen-bond acceptors (Lipinski definition) is 3. The van der Waals surface area contributed by atoms with Gasteiger partial charge in [0, 0.05) is 5.56 Å². The number of benzene rings is 1. The SMILES string of the molecule is C=C(/C=C\C(=C/C)OC)c1cccc(-c2ccc(O)cc2)n1. The lowest BCUT2D eigenvalue weighted by Crippen LogP contribution is -1.90. The first-order valence-corrected chi connectivity index (χ1v) is 6.98. The van der Waals surface area contributed by atoms with Gasteiger partial charge < -0.3 is 9.84 Å². The molecule has 0 atom stereocenters. The summed E-state index contributed by atoms with van der Waals surface area (Å²) in [4.78, 5) is 4.61. The topological polar surface area (TPSA) is 42.4 Å². The van der Waals surface area contributed by atoms with Gasteiger partial charge in [-0.25, -0.2) is 4.98 Å². The number of rotatable bonds is 5. The number of phenolic OH excluding ortho intramolecular Hbond substituents is 1. The zero-order chi connectivity index (χ0) is 15.9. The van der Waals surface area contributed by atoms with Crippen LogP contribution in [0.2, 0.25) is 0 Å². The molecule has 1 aromatic heterocycles. The second-order valence-electron chi connectivity index (χ2n) is 4.71. The van der Waals surface area contributed by atoms with Gasteiger partial charge in [0.1, 0.15) is 11.5 Å². The lowest BCUT2D eigenvalue weighted by molar-refractivity contribution is 0.306. The lowest BCUT2D eigenvalue weighted by atomic mass is 10.1. The quantitative estimate of drug-likeness (QED) is 0.648. The Balaban J connectivity index is 2.25. The highest BCUT2D eigenvalue weighted by molar-refractivity contribution is 5.72. The van der Waals surface area contributed by atoms with Crippen LogP contribution < -0.4 is 0 Å². The molecule has 0 unspecified atom stereocenters. The van der Waals surface area contributed by atoms with Crippen LogP contribution in [-0.4, -0.2) is 17.2 Å². The Morgan fingerprint density at radius 2 is 1.86 bits per heavy atom. The third-order valence-electron chi connectivity index (χ3n) is 3.21. The summed E-state index contributed by atoms with van der Waals surface area (Å²) in [5, 5.41) is 9.35. The molecular weight excluding hydrogens is 274 g/mol. The van der Waals surface area contributed by atoms with Crippen LogP contribution >= 0.6 is 0 Å². The zero-order valence-electron chi connectivity index (χ0n) is 12.8. The average molecular weight is 293 g/mol. The summed E-state index contributed by atoms with van der Waals surface area (Å²) in [6.07, 6.45) is 5.61. The van der Waals surface area contributed by atoms with E-state index in [-0.39, 0.29) is 5.75 Å². The fourth-order valence-electron chi connectivity index (χ4n) is 1.96. The predicted molar refractivity (Wildman–Crippen MR) is 90.3 cm³/mol. The molecular formula is C19H19NO2. The molecule has 3 nitrogen and oxygen atoms in total. The van der Waals surface area contributed by atoms with E-state index >= 15 is 0 Å². The van der Waals surface area contributed by atoms with Gasteiger partial charge >= 0.3 is 0 Å². The number of aromatic hydroxyl groups is 1. The largest absolute Gasteiger partial charge is 0.508 e. The molecule has 0 spiro atoms. The van der Waals surface area contributed by atoms with E-state index in [9.17, 15) is 5.11 Å². The first-order valence-electron chi connectivity index (χ1n) is 6.98. The fraction of sp³-hybridized carbons (Fsp3) is 0.105. The van der Waals surface area contributed by atoms with Crippen molar-refractivity contribution in [1.82, 2.24) is 4.98 Å². The van der Waals surface area contributed by atoms with Crippen molar-refractivity contribution in [3.05, 3.63) is 78.7 Å². The van der Waals surface area contributed by atoms with E-state index in [0.29, 0.717) is 0 Å². The molecule has 1 heterocycles. The Morgan fingerprint density at radius 3 is 2.50 bits per heavy atom. The van der Waals surface area contributed by atoms with Crippen molar-refractivity contribution < 1.29 is 9.84 Å². The summed E-state index contributed by atoms with van der Waals surface area (Å²) >= 11 is 0. The molecule has 22 heavy (non-hydrogen) atoms. The molecule has 0 aliphatic rings. The van der Waals surface area contributed by atoms with Crippen LogP contribution in [0.4, 0.5) is 0 Å². The third-order valence-corrected chi connectivity index (χ3v) is 3.21. The maximum Gasteiger partial charge on any atom is 0.115 e. The number of ether oxygens (including phenoxy) is 1. The number of aromatic nitrogens is 1. The highest BCUT2D eigenvalue weighted by atomic mass is 16.5. The fourth-order valence-corrected chi connectivity index (χ4v) is 1.96. The number of pyridine rings is 1. The van der Waals surface area contributed by atoms with Crippen molar-refractivity contribution >= 4 is 5.57 Å². The van der Waals surface area contributed by atoms with Gasteiger partial charge in [0.25, 0.3) is 0 Å². The van der Waals surface area contributed by atoms with Crippen molar-refractivity contribution in [2.45, 2.75) is 6.92 Å². The molecule has 1 aromatic carbocycles. The molecule has 0 aliphatic heterocycles. The minimum atomic E-state index is 0.241. The predicted octanol–water partition coefficient (Wildman–Crippen LogP) is 4.57. The Bertz CT molecular complexity index is 712. The second kappa shape index (κ2) is 7.27. The molecule has 2 aromatic rings. The monoisotopic (exact) mass is 293 g/mol. The molecule has 1 N–H and O–H groups in total. The van der Waals surface area contributed by atoms with Gasteiger partial charge in [0.15, 0.2) is 0 Å². The van der Waals surface area contributed by atoms with Crippen molar-refractivity contribution in [2.75, 3.05) is 7.11 Å². The van der Waals surface area contributed by atoms with Crippen molar-refractivity contribution in [3.63, 3.8) is 0 Å². The molecule has 0 saturated carbocycles. The van der Waals surface area contributed by atoms with Crippen LogP contribution in [0.5, 0.6) is 5.75 Å². The zero-order valence-corrected chi connectivity index (χ0v) is 12.8. The van der Waals surface area contributed by atoms with E-state index < -0.39 is 0 Å². The van der Waals surface area contributed by atoms with Gasteiger partial charge in [0.05, 0.1) is 18.5 Å². The minimum absolute atomic E-state index is 0.241. The summed E-state index contributed by atoms with van der Waals surface area (Å²) in [6.45, 7) is 5.95. The molecule has 2 rings (SSSR count). The molecule has 0 radical (unpaired) electrons. The number of nitrogens with zero attached hydrogens (tertiary/aromatic N) is 1. The molecule has 0 aliphatic carbocycles. The van der Waals surface area contributed by atoms with Crippen LogP contribution in [0.1, 0.15) is 12.6 Å². The van der Waals surface area contributed by atoms with Gasteiger partial charge in [-0.2, -0.15) is 0 Å². The summed E-state index contributed by atoms with van der Waals surface area (Å²) in [5.74, 6) is 1.02. The van der Waals surface area contributed by atoms with Crippen LogP contribution in [0.3, 0.4) is 0 Å². The van der Waals surface area contributed by atoms with Crippen LogP contribution in [-0.2, 0) is 4.74 Å². The van der Waals surface area contributed by atoms with Gasteiger partial charge in [-0.15, -0.1) is 0 Å². The van der Waals surface area contributed by atoms with E-state index in [4.69, 9.17) is 4.74 Å². The van der Waals surface area contributed by atoms with Gasteiger partial charge in [0.2, 0.25) is 0 Å². The van der Waals surface area contributed by atoms with Gasteiger partial charge in [-0.05, 0) is 67.1 Å². The van der Waals surface area contributed by atoms with Gasteiger partial charge in [-0.3, -0.25) is 0 Å². The van der Waals surface area contributed by atoms with Gasteiger partial charge in [-0.1, -0.05) is 12.6 Å². The number of phenols is 1. The van der Waals surface area contributed by atoms with Crippen LogP contribution in [0, 0.1) is 0 Å². The number of hydrogen-bond donors (Lipinski definition) is 1. The Labute approximate surface area is 130 Å². The Morgan fingerprint density at radius 1 is 1.14 bits per heavy atom. The first-order chi connectivity index (χ1) is 10.6. The smallest absolute Gasteiger partial charge is 0.115 e. The summed E-state index contributed by atoms with van der Waals surface area (Å²) in [6, 6.07) is 12.8. The third kappa shape index (κ3) is 3.85. The molecule has 0 saturated heterocycles. The van der Waals surface area contributed by atoms with E-state index in [2.05, 4.69) is 11.6 Å². The normalized spacial score (nSPS) is 11.6. The van der Waals surface area contributed by atoms with Crippen LogP contribution in [0.15, 0.2) is 73.0 Å². The van der Waals surface area contributed by atoms with E-state index in [1.54, 1.807) is 19.2 Å². The number of methoxy groups -OCH3 is 1. The Kier molecular flexibility index (Phi) is 5.15. The average Bonchev–Trinajstić information content (AvgIpc) is 2.56. The van der Waals surface area contributed by atoms with E-state index in [1.807, 2.05) is 55.5 Å². The molecule has 3 heteroatoms. The molecule has 0 fully saturated rings. The van der Waals surface area contributed by atoms with Crippen molar-refractivity contribution in [1.29, 1.82) is 0 Å². The maximum atomic E-state index is 9.35. The summed E-state index contributed by atoms with van der Waals surface area (Å²) in [5.41, 5.74) is 3.39.